The van der Waals surface area contributed by atoms with Crippen molar-refractivity contribution < 1.29 is 4.79 Å². The summed E-state index contributed by atoms with van der Waals surface area (Å²) in [6.07, 6.45) is 7.94. The molecule has 1 amide bonds. The third-order valence-corrected chi connectivity index (χ3v) is 7.33. The van der Waals surface area contributed by atoms with E-state index in [1.807, 2.05) is 11.2 Å². The summed E-state index contributed by atoms with van der Waals surface area (Å²) >= 11 is 0. The van der Waals surface area contributed by atoms with Crippen LogP contribution in [-0.2, 0) is 17.9 Å². The second kappa shape index (κ2) is 9.81. The minimum atomic E-state index is 0.251. The zero-order valence-corrected chi connectivity index (χ0v) is 20.2. The van der Waals surface area contributed by atoms with Crippen molar-refractivity contribution in [2.75, 3.05) is 36.8 Å². The lowest BCUT2D eigenvalue weighted by Crippen LogP contribution is -2.39. The molecule has 2 saturated heterocycles. The minimum absolute atomic E-state index is 0.251. The van der Waals surface area contributed by atoms with Gasteiger partial charge in [0, 0.05) is 57.8 Å². The van der Waals surface area contributed by atoms with Crippen LogP contribution in [-0.4, -0.2) is 73.5 Å². The fraction of sp³-hybridized carbons (Fsp3) is 0.538. The van der Waals surface area contributed by atoms with Crippen LogP contribution in [0.4, 0.5) is 11.8 Å². The van der Waals surface area contributed by atoms with Gasteiger partial charge in [-0.25, -0.2) is 4.98 Å². The van der Waals surface area contributed by atoms with E-state index in [1.54, 1.807) is 0 Å². The molecule has 1 saturated carbocycles. The molecule has 3 fully saturated rings. The summed E-state index contributed by atoms with van der Waals surface area (Å²) < 4.78 is 2.06. The van der Waals surface area contributed by atoms with Gasteiger partial charge >= 0.3 is 0 Å². The Morgan fingerprint density at radius 2 is 1.71 bits per heavy atom. The number of piperidine rings is 1. The van der Waals surface area contributed by atoms with E-state index < -0.39 is 0 Å². The van der Waals surface area contributed by atoms with E-state index in [1.165, 1.54) is 18.4 Å². The van der Waals surface area contributed by atoms with Gasteiger partial charge in [0.15, 0.2) is 17.0 Å². The van der Waals surface area contributed by atoms with Crippen LogP contribution in [0.1, 0.15) is 44.1 Å². The van der Waals surface area contributed by atoms with E-state index >= 15 is 0 Å². The molecule has 3 aliphatic rings. The van der Waals surface area contributed by atoms with Gasteiger partial charge in [0.2, 0.25) is 11.9 Å². The third-order valence-electron chi connectivity index (χ3n) is 7.33. The van der Waals surface area contributed by atoms with E-state index in [2.05, 4.69) is 55.4 Å². The van der Waals surface area contributed by atoms with Crippen LogP contribution in [0.3, 0.4) is 0 Å². The summed E-state index contributed by atoms with van der Waals surface area (Å²) in [6.45, 7) is 5.37. The van der Waals surface area contributed by atoms with E-state index in [0.717, 1.165) is 62.4 Å². The number of fused-ring (bicyclic) bond motifs is 1. The molecule has 1 aromatic carbocycles. The molecule has 1 aliphatic carbocycles. The Kier molecular flexibility index (Phi) is 6.24. The Bertz CT molecular complexity index is 1170. The smallest absolute Gasteiger partial charge is 0.227 e. The lowest BCUT2D eigenvalue weighted by Gasteiger charge is -2.32. The Hall–Kier alpha value is -3.20. The first kappa shape index (κ1) is 22.3. The van der Waals surface area contributed by atoms with Gasteiger partial charge in [-0.2, -0.15) is 9.97 Å². The zero-order chi connectivity index (χ0) is 23.6. The van der Waals surface area contributed by atoms with Crippen LogP contribution in [0.2, 0.25) is 0 Å². The van der Waals surface area contributed by atoms with Gasteiger partial charge in [-0.3, -0.25) is 9.69 Å². The Balaban J connectivity index is 1.14. The molecule has 0 unspecified atom stereocenters. The quantitative estimate of drug-likeness (QED) is 0.492. The van der Waals surface area contributed by atoms with Crippen molar-refractivity contribution in [3.63, 3.8) is 0 Å². The van der Waals surface area contributed by atoms with Crippen LogP contribution in [0.5, 0.6) is 0 Å². The molecule has 4 heterocycles. The molecule has 2 N–H and O–H groups in total. The van der Waals surface area contributed by atoms with E-state index in [9.17, 15) is 4.79 Å². The summed E-state index contributed by atoms with van der Waals surface area (Å²) in [5.41, 5.74) is 3.01. The number of carbonyl (C=O) groups is 1. The summed E-state index contributed by atoms with van der Waals surface area (Å²) in [5.74, 6) is 1.74. The number of aromatic nitrogens is 4. The highest BCUT2D eigenvalue weighted by atomic mass is 16.2. The monoisotopic (exact) mass is 474 g/mol. The summed E-state index contributed by atoms with van der Waals surface area (Å²) in [7, 11) is 0. The molecule has 0 radical (unpaired) electrons. The highest BCUT2D eigenvalue weighted by Gasteiger charge is 2.26. The Labute approximate surface area is 205 Å². The van der Waals surface area contributed by atoms with Gasteiger partial charge in [0.25, 0.3) is 0 Å². The van der Waals surface area contributed by atoms with Crippen LogP contribution in [0.25, 0.3) is 11.2 Å². The second-order valence-corrected chi connectivity index (χ2v) is 10.1. The predicted octanol–water partition coefficient (Wildman–Crippen LogP) is 3.10. The number of hydrogen-bond acceptors (Lipinski definition) is 7. The Morgan fingerprint density at radius 1 is 0.914 bits per heavy atom. The number of amides is 1. The van der Waals surface area contributed by atoms with Gasteiger partial charge in [-0.1, -0.05) is 30.3 Å². The molecular formula is C26H34N8O. The number of rotatable bonds is 9. The van der Waals surface area contributed by atoms with Crippen molar-refractivity contribution in [1.82, 2.24) is 29.3 Å². The fourth-order valence-electron chi connectivity index (χ4n) is 5.12. The van der Waals surface area contributed by atoms with Crippen molar-refractivity contribution in [3.8, 4) is 0 Å². The lowest BCUT2D eigenvalue weighted by atomic mass is 10.0. The maximum absolute atomic E-state index is 12.0. The van der Waals surface area contributed by atoms with Crippen molar-refractivity contribution >= 4 is 28.8 Å². The predicted molar refractivity (Wildman–Crippen MR) is 136 cm³/mol. The average Bonchev–Trinajstić information content (AvgIpc) is 3.45. The number of nitrogens with zero attached hydrogens (tertiary/aromatic N) is 6. The third kappa shape index (κ3) is 5.24. The summed E-state index contributed by atoms with van der Waals surface area (Å²) in [5, 5.41) is 7.17. The number of nitrogens with one attached hydrogen (secondary N) is 2. The van der Waals surface area contributed by atoms with Crippen molar-refractivity contribution in [1.29, 1.82) is 0 Å². The first-order valence-electron chi connectivity index (χ1n) is 13.0. The van der Waals surface area contributed by atoms with Crippen LogP contribution < -0.4 is 10.6 Å². The molecule has 9 heteroatoms. The standard InChI is InChI=1S/C26H34N8O/c35-22-7-4-12-33(22)15-16-34-18-27-23-24(28-20-8-9-20)30-26(31-25(23)34)29-21-10-13-32(14-11-21)17-19-5-2-1-3-6-19/h1-3,5-6,18,20-21H,4,7-17H2,(H2,28,29,30,31). The zero-order valence-electron chi connectivity index (χ0n) is 20.2. The van der Waals surface area contributed by atoms with Crippen LogP contribution >= 0.6 is 0 Å². The molecule has 3 aromatic rings. The normalized spacial score (nSPS) is 19.5. The molecule has 2 aliphatic heterocycles. The first-order valence-corrected chi connectivity index (χ1v) is 13.0. The number of benzene rings is 1. The maximum Gasteiger partial charge on any atom is 0.227 e. The molecule has 184 valence electrons. The van der Waals surface area contributed by atoms with Crippen molar-refractivity contribution in [2.24, 2.45) is 0 Å². The SMILES string of the molecule is O=C1CCCN1CCn1cnc2c(NC3CC3)nc(NC3CCN(Cc4ccccc4)CC3)nc21. The molecule has 9 nitrogen and oxygen atoms in total. The molecule has 0 spiro atoms. The number of anilines is 2. The summed E-state index contributed by atoms with van der Waals surface area (Å²) in [4.78, 5) is 30.9. The van der Waals surface area contributed by atoms with Gasteiger partial charge in [-0.05, 0) is 37.7 Å². The van der Waals surface area contributed by atoms with E-state index in [4.69, 9.17) is 9.97 Å². The number of imidazole rings is 1. The highest BCUT2D eigenvalue weighted by Crippen LogP contribution is 2.29. The minimum Gasteiger partial charge on any atom is -0.365 e. The highest BCUT2D eigenvalue weighted by molar-refractivity contribution is 5.84. The van der Waals surface area contributed by atoms with Crippen LogP contribution in [0.15, 0.2) is 36.7 Å². The maximum atomic E-state index is 12.0. The molecule has 6 rings (SSSR count). The fourth-order valence-corrected chi connectivity index (χ4v) is 5.12. The molecule has 0 bridgehead atoms. The van der Waals surface area contributed by atoms with Crippen LogP contribution in [0, 0.1) is 0 Å². The largest absolute Gasteiger partial charge is 0.365 e. The number of likely N-dealkylation sites (tertiary alicyclic amines) is 2. The second-order valence-electron chi connectivity index (χ2n) is 10.1. The number of carbonyl (C=O) groups excluding carboxylic acids is 1. The topological polar surface area (TPSA) is 91.2 Å². The van der Waals surface area contributed by atoms with Gasteiger partial charge < -0.3 is 20.1 Å². The molecule has 0 atom stereocenters. The first-order chi connectivity index (χ1) is 17.2. The molecule has 2 aromatic heterocycles. The molecular weight excluding hydrogens is 440 g/mol. The van der Waals surface area contributed by atoms with Crippen molar-refractivity contribution in [3.05, 3.63) is 42.2 Å². The average molecular weight is 475 g/mol. The van der Waals surface area contributed by atoms with Gasteiger partial charge in [0.05, 0.1) is 6.33 Å². The Morgan fingerprint density at radius 3 is 2.46 bits per heavy atom. The summed E-state index contributed by atoms with van der Waals surface area (Å²) in [6, 6.07) is 11.5. The lowest BCUT2D eigenvalue weighted by molar-refractivity contribution is -0.127. The molecule has 35 heavy (non-hydrogen) atoms. The van der Waals surface area contributed by atoms with Gasteiger partial charge in [-0.15, -0.1) is 0 Å². The van der Waals surface area contributed by atoms with E-state index in [0.29, 0.717) is 37.5 Å². The van der Waals surface area contributed by atoms with Crippen molar-refractivity contribution in [2.45, 2.75) is 63.7 Å². The number of hydrogen-bond donors (Lipinski definition) is 2. The van der Waals surface area contributed by atoms with Gasteiger partial charge in [0.1, 0.15) is 0 Å². The van der Waals surface area contributed by atoms with E-state index in [-0.39, 0.29) is 5.91 Å².